The molecular weight excluding hydrogens is 1150 g/mol. The summed E-state index contributed by atoms with van der Waals surface area (Å²) in [7, 11) is 0. The predicted octanol–water partition coefficient (Wildman–Crippen LogP) is 21.7. The van der Waals surface area contributed by atoms with Crippen molar-refractivity contribution in [3.63, 3.8) is 0 Å². The van der Waals surface area contributed by atoms with E-state index in [0.717, 1.165) is 160 Å². The molecule has 6 aromatic heterocycles. The Morgan fingerprint density at radius 1 is 0.191 bits per heavy atom. The van der Waals surface area contributed by atoms with Gasteiger partial charge in [-0.1, -0.05) is 200 Å². The summed E-state index contributed by atoms with van der Waals surface area (Å²) in [5.41, 5.74) is 20.0. The number of nitrogens with zero attached hydrogens (tertiary/aromatic N) is 8. The van der Waals surface area contributed by atoms with Crippen LogP contribution in [0, 0.1) is 22.7 Å². The maximum Gasteiger partial charge on any atom is 0.0992 e. The van der Waals surface area contributed by atoms with Crippen LogP contribution >= 0.6 is 0 Å². The second-order valence-electron chi connectivity index (χ2n) is 24.5. The number of aromatic nitrogens is 6. The minimum atomic E-state index is 0.373. The van der Waals surface area contributed by atoms with Crippen molar-refractivity contribution in [2.24, 2.45) is 0 Å². The molecule has 0 radical (unpaired) electrons. The van der Waals surface area contributed by atoms with E-state index in [9.17, 15) is 10.5 Å². The first-order chi connectivity index (χ1) is 46.6. The predicted molar refractivity (Wildman–Crippen MR) is 387 cm³/mol. The molecule has 0 amide bonds. The summed E-state index contributed by atoms with van der Waals surface area (Å²) >= 11 is 0. The van der Waals surface area contributed by atoms with E-state index in [1.807, 2.05) is 12.1 Å². The Kier molecular flexibility index (Phi) is 10.8. The molecule has 20 rings (SSSR count). The van der Waals surface area contributed by atoms with Crippen molar-refractivity contribution in [1.82, 2.24) is 27.4 Å². The lowest BCUT2D eigenvalue weighted by Crippen LogP contribution is -2.18. The number of fused-ring (bicyclic) bond motifs is 18. The Hall–Kier alpha value is -13.1. The minimum Gasteiger partial charge on any atom is -0.309 e. The molecule has 0 N–H and O–H groups in total. The second kappa shape index (κ2) is 19.7. The second-order valence-corrected chi connectivity index (χ2v) is 24.5. The lowest BCUT2D eigenvalue weighted by Gasteiger charge is -2.32. The SMILES string of the molecule is N#Cc1cc(C#N)cc(-c2c(-n3c4ccccc4c4ccccc43)c(-n3c4ccccc4c4ccccc43)c(-n3c4ccccc4c4cc(-n5c6ccccc6c6ccccc65)ccc43)c(-n3c4ccccc4c4ccccc43)c2-n2c3ccccc3c3ccccc32)c1. The highest BCUT2D eigenvalue weighted by Gasteiger charge is 2.37. The van der Waals surface area contributed by atoms with Gasteiger partial charge in [-0.25, -0.2) is 0 Å². The summed E-state index contributed by atoms with van der Waals surface area (Å²) in [4.78, 5) is 0. The summed E-state index contributed by atoms with van der Waals surface area (Å²) < 4.78 is 15.0. The van der Waals surface area contributed by atoms with Crippen LogP contribution in [0.25, 0.3) is 176 Å². The van der Waals surface area contributed by atoms with Crippen LogP contribution in [0.3, 0.4) is 0 Å². The summed E-state index contributed by atoms with van der Waals surface area (Å²) in [6, 6.07) is 115. The van der Waals surface area contributed by atoms with Gasteiger partial charge < -0.3 is 27.4 Å². The van der Waals surface area contributed by atoms with Crippen LogP contribution < -0.4 is 0 Å². The highest BCUT2D eigenvalue weighted by atomic mass is 15.2. The van der Waals surface area contributed by atoms with Crippen molar-refractivity contribution >= 4 is 131 Å². The van der Waals surface area contributed by atoms with Crippen LogP contribution in [0.5, 0.6) is 0 Å². The van der Waals surface area contributed by atoms with E-state index in [4.69, 9.17) is 0 Å². The van der Waals surface area contributed by atoms with Gasteiger partial charge in [0.05, 0.1) is 118 Å². The van der Waals surface area contributed by atoms with Crippen molar-refractivity contribution in [3.05, 3.63) is 314 Å². The first-order valence-electron chi connectivity index (χ1n) is 31.8. The zero-order valence-electron chi connectivity index (χ0n) is 50.4. The molecule has 0 fully saturated rings. The molecule has 0 atom stereocenters. The number of benzene rings is 14. The minimum absolute atomic E-state index is 0.373. The van der Waals surface area contributed by atoms with Crippen LogP contribution in [0.2, 0.25) is 0 Å². The van der Waals surface area contributed by atoms with Gasteiger partial charge in [0, 0.05) is 75.9 Å². The highest BCUT2D eigenvalue weighted by Crippen LogP contribution is 2.55. The summed E-state index contributed by atoms with van der Waals surface area (Å²) in [5, 5.41) is 36.0. The van der Waals surface area contributed by atoms with Crippen LogP contribution in [-0.2, 0) is 0 Å². The van der Waals surface area contributed by atoms with E-state index < -0.39 is 0 Å². The smallest absolute Gasteiger partial charge is 0.0992 e. The Morgan fingerprint density at radius 2 is 0.404 bits per heavy atom. The fourth-order valence-electron chi connectivity index (χ4n) is 16.1. The highest BCUT2D eigenvalue weighted by molar-refractivity contribution is 6.20. The van der Waals surface area contributed by atoms with Crippen molar-refractivity contribution in [3.8, 4) is 57.4 Å². The van der Waals surface area contributed by atoms with Crippen LogP contribution in [-0.4, -0.2) is 27.4 Å². The normalized spacial score (nSPS) is 12.0. The number of rotatable bonds is 7. The lowest BCUT2D eigenvalue weighted by molar-refractivity contribution is 1.00. The molecule has 0 aliphatic carbocycles. The van der Waals surface area contributed by atoms with E-state index in [1.54, 1.807) is 6.07 Å². The van der Waals surface area contributed by atoms with Crippen molar-refractivity contribution in [1.29, 1.82) is 10.5 Å². The zero-order chi connectivity index (χ0) is 61.9. The van der Waals surface area contributed by atoms with Gasteiger partial charge >= 0.3 is 0 Å². The molecule has 0 saturated carbocycles. The molecule has 0 aliphatic rings. The van der Waals surface area contributed by atoms with Gasteiger partial charge in [0.1, 0.15) is 0 Å². The molecule has 0 bridgehead atoms. The van der Waals surface area contributed by atoms with E-state index in [1.165, 1.54) is 10.8 Å². The van der Waals surface area contributed by atoms with Crippen molar-refractivity contribution in [2.45, 2.75) is 0 Å². The van der Waals surface area contributed by atoms with Gasteiger partial charge in [-0.2, -0.15) is 10.5 Å². The monoisotopic (exact) mass is 1190 g/mol. The lowest BCUT2D eigenvalue weighted by atomic mass is 9.92. The first-order valence-corrected chi connectivity index (χ1v) is 31.8. The Labute approximate surface area is 537 Å². The van der Waals surface area contributed by atoms with E-state index in [2.05, 4.69) is 325 Å². The van der Waals surface area contributed by atoms with Gasteiger partial charge in [-0.3, -0.25) is 0 Å². The first kappa shape index (κ1) is 51.7. The summed E-state index contributed by atoms with van der Waals surface area (Å²) in [5.74, 6) is 0. The molecule has 8 nitrogen and oxygen atoms in total. The maximum atomic E-state index is 11.4. The third-order valence-electron chi connectivity index (χ3n) is 19.8. The van der Waals surface area contributed by atoms with E-state index >= 15 is 0 Å². The topological polar surface area (TPSA) is 77.2 Å². The average molecular weight is 1200 g/mol. The fourth-order valence-corrected chi connectivity index (χ4v) is 16.1. The fraction of sp³-hybridized carbons (Fsp3) is 0. The number of para-hydroxylation sites is 11. The number of nitriles is 2. The van der Waals surface area contributed by atoms with Gasteiger partial charge in [0.2, 0.25) is 0 Å². The molecule has 434 valence electrons. The van der Waals surface area contributed by atoms with Crippen LogP contribution in [0.15, 0.2) is 303 Å². The average Bonchev–Trinajstić information content (AvgIpc) is 1.40. The molecule has 0 aliphatic heterocycles. The molecule has 94 heavy (non-hydrogen) atoms. The van der Waals surface area contributed by atoms with Gasteiger partial charge in [0.15, 0.2) is 0 Å². The molecule has 6 heterocycles. The summed E-state index contributed by atoms with van der Waals surface area (Å²) in [6.45, 7) is 0. The Bertz CT molecular complexity index is 6220. The van der Waals surface area contributed by atoms with Gasteiger partial charge in [-0.15, -0.1) is 0 Å². The Balaban J connectivity index is 1.14. The van der Waals surface area contributed by atoms with Gasteiger partial charge in [0.25, 0.3) is 0 Å². The molecule has 0 spiro atoms. The number of hydrogen-bond acceptors (Lipinski definition) is 2. The Morgan fingerprint density at radius 3 is 0.670 bits per heavy atom. The van der Waals surface area contributed by atoms with Crippen molar-refractivity contribution in [2.75, 3.05) is 0 Å². The molecule has 0 saturated heterocycles. The van der Waals surface area contributed by atoms with Crippen LogP contribution in [0.1, 0.15) is 11.1 Å². The zero-order valence-corrected chi connectivity index (χ0v) is 50.4. The maximum absolute atomic E-state index is 11.4. The largest absolute Gasteiger partial charge is 0.309 e. The van der Waals surface area contributed by atoms with Crippen LogP contribution in [0.4, 0.5) is 0 Å². The molecule has 8 heteroatoms. The third-order valence-corrected chi connectivity index (χ3v) is 19.8. The molecular formula is C86H50N8. The summed E-state index contributed by atoms with van der Waals surface area (Å²) in [6.07, 6.45) is 0. The quantitative estimate of drug-likeness (QED) is 0.159. The van der Waals surface area contributed by atoms with E-state index in [0.29, 0.717) is 16.7 Å². The molecule has 0 unspecified atom stereocenters. The molecule has 20 aromatic rings. The standard InChI is InChI=1S/C86H50N8/c87-51-53-47-54(52-88)49-55(48-53)81-82(90-71-36-14-3-25-59(71)60-26-4-15-37-72(60)90)84(92-75-40-18-7-29-63(75)64-30-8-19-41-76(64)92)86(94-79-44-22-11-33-67(79)68-50-56(45-46-80(68)94)89-69-34-12-1-23-57(69)58-24-2-13-35-70(58)89)85(93-77-42-20-9-31-65(77)66-32-10-21-43-78(66)93)83(81)91-73-38-16-5-27-61(73)62-28-6-17-39-74(62)91/h1-50H. The van der Waals surface area contributed by atoms with Crippen molar-refractivity contribution < 1.29 is 0 Å². The molecule has 14 aromatic carbocycles. The third kappa shape index (κ3) is 7.03. The number of hydrogen-bond donors (Lipinski definition) is 0. The van der Waals surface area contributed by atoms with Gasteiger partial charge in [-0.05, 0) is 109 Å². The van der Waals surface area contributed by atoms with E-state index in [-0.39, 0.29) is 0 Å².